The summed E-state index contributed by atoms with van der Waals surface area (Å²) in [5.74, 6) is 2.94. The average molecular weight is 278 g/mol. The smallest absolute Gasteiger partial charge is 0.234 e. The summed E-state index contributed by atoms with van der Waals surface area (Å²) in [7, 11) is 0. The summed E-state index contributed by atoms with van der Waals surface area (Å²) in [5, 5.41) is 6.68. The van der Waals surface area contributed by atoms with E-state index in [9.17, 15) is 4.79 Å². The lowest BCUT2D eigenvalue weighted by molar-refractivity contribution is -0.121. The molecule has 0 aromatic heterocycles. The second-order valence-corrected chi connectivity index (χ2v) is 7.41. The van der Waals surface area contributed by atoms with Crippen molar-refractivity contribution in [2.24, 2.45) is 17.8 Å². The third kappa shape index (κ3) is 3.36. The average Bonchev–Trinajstić information content (AvgIpc) is 3.08. The first-order chi connectivity index (χ1) is 9.72. The van der Waals surface area contributed by atoms with E-state index in [2.05, 4.69) is 17.6 Å². The van der Waals surface area contributed by atoms with Crippen LogP contribution in [0.3, 0.4) is 0 Å². The van der Waals surface area contributed by atoms with Crippen LogP contribution in [0.15, 0.2) is 0 Å². The van der Waals surface area contributed by atoms with Crippen LogP contribution < -0.4 is 10.6 Å². The first-order valence-electron chi connectivity index (χ1n) is 8.75. The highest BCUT2D eigenvalue weighted by Crippen LogP contribution is 2.49. The number of rotatable bonds is 5. The fourth-order valence-electron chi connectivity index (χ4n) is 4.84. The van der Waals surface area contributed by atoms with Crippen LogP contribution in [0.5, 0.6) is 0 Å². The zero-order valence-electron chi connectivity index (χ0n) is 12.9. The van der Waals surface area contributed by atoms with Crippen LogP contribution in [0.2, 0.25) is 0 Å². The molecule has 2 bridgehead atoms. The number of nitrogens with one attached hydrogen (secondary N) is 2. The topological polar surface area (TPSA) is 41.1 Å². The van der Waals surface area contributed by atoms with Crippen molar-refractivity contribution in [3.8, 4) is 0 Å². The van der Waals surface area contributed by atoms with E-state index < -0.39 is 0 Å². The third-order valence-corrected chi connectivity index (χ3v) is 5.99. The molecule has 0 aromatic carbocycles. The number of carbonyl (C=O) groups is 1. The fraction of sp³-hybridized carbons (Fsp3) is 0.941. The van der Waals surface area contributed by atoms with Gasteiger partial charge in [0.05, 0.1) is 6.54 Å². The Labute approximate surface area is 123 Å². The minimum atomic E-state index is 0.201. The van der Waals surface area contributed by atoms with Gasteiger partial charge in [0.1, 0.15) is 0 Å². The SMILES string of the molecule is CC(NCC(=O)NC1CCCCC1)C1CC2CCC1C2. The van der Waals surface area contributed by atoms with E-state index in [1.54, 1.807) is 0 Å². The van der Waals surface area contributed by atoms with Gasteiger partial charge in [0, 0.05) is 12.1 Å². The molecule has 3 rings (SSSR count). The van der Waals surface area contributed by atoms with Crippen LogP contribution >= 0.6 is 0 Å². The molecule has 0 spiro atoms. The Morgan fingerprint density at radius 1 is 1.10 bits per heavy atom. The van der Waals surface area contributed by atoms with Gasteiger partial charge in [0.25, 0.3) is 0 Å². The van der Waals surface area contributed by atoms with Crippen LogP contribution in [0, 0.1) is 17.8 Å². The molecule has 3 saturated carbocycles. The molecule has 3 aliphatic rings. The maximum Gasteiger partial charge on any atom is 0.234 e. The second kappa shape index (κ2) is 6.46. The molecule has 3 aliphatic carbocycles. The largest absolute Gasteiger partial charge is 0.352 e. The Balaban J connectivity index is 1.37. The van der Waals surface area contributed by atoms with Crippen molar-refractivity contribution in [3.05, 3.63) is 0 Å². The van der Waals surface area contributed by atoms with E-state index in [0.29, 0.717) is 18.6 Å². The minimum absolute atomic E-state index is 0.201. The number of hydrogen-bond acceptors (Lipinski definition) is 2. The molecule has 3 fully saturated rings. The molecule has 114 valence electrons. The van der Waals surface area contributed by atoms with Crippen LogP contribution in [-0.2, 0) is 4.79 Å². The molecule has 0 radical (unpaired) electrons. The monoisotopic (exact) mass is 278 g/mol. The quantitative estimate of drug-likeness (QED) is 0.812. The van der Waals surface area contributed by atoms with E-state index >= 15 is 0 Å². The van der Waals surface area contributed by atoms with Gasteiger partial charge in [-0.05, 0) is 56.8 Å². The van der Waals surface area contributed by atoms with Gasteiger partial charge in [-0.25, -0.2) is 0 Å². The standard InChI is InChI=1S/C17H30N2O/c1-12(16-10-13-7-8-14(16)9-13)18-11-17(20)19-15-5-3-2-4-6-15/h12-16,18H,2-11H2,1H3,(H,19,20). The zero-order valence-corrected chi connectivity index (χ0v) is 12.9. The van der Waals surface area contributed by atoms with Gasteiger partial charge in [0.2, 0.25) is 5.91 Å². The van der Waals surface area contributed by atoms with Gasteiger partial charge < -0.3 is 10.6 Å². The molecule has 0 heterocycles. The molecule has 1 amide bonds. The third-order valence-electron chi connectivity index (χ3n) is 5.99. The van der Waals surface area contributed by atoms with E-state index in [4.69, 9.17) is 0 Å². The lowest BCUT2D eigenvalue weighted by atomic mass is 9.84. The van der Waals surface area contributed by atoms with Gasteiger partial charge in [-0.3, -0.25) is 4.79 Å². The highest BCUT2D eigenvalue weighted by Gasteiger charge is 2.41. The van der Waals surface area contributed by atoms with E-state index in [1.807, 2.05) is 0 Å². The Hall–Kier alpha value is -0.570. The summed E-state index contributed by atoms with van der Waals surface area (Å²) in [4.78, 5) is 12.0. The number of amides is 1. The highest BCUT2D eigenvalue weighted by atomic mass is 16.1. The first-order valence-corrected chi connectivity index (χ1v) is 8.75. The van der Waals surface area contributed by atoms with Gasteiger partial charge in [0.15, 0.2) is 0 Å². The molecule has 0 aromatic rings. The van der Waals surface area contributed by atoms with E-state index in [1.165, 1.54) is 57.8 Å². The zero-order chi connectivity index (χ0) is 13.9. The molecule has 3 nitrogen and oxygen atoms in total. The van der Waals surface area contributed by atoms with Crippen molar-refractivity contribution >= 4 is 5.91 Å². The van der Waals surface area contributed by atoms with Crippen molar-refractivity contribution in [1.82, 2.24) is 10.6 Å². The molecule has 20 heavy (non-hydrogen) atoms. The van der Waals surface area contributed by atoms with Crippen LogP contribution in [-0.4, -0.2) is 24.5 Å². The molecular formula is C17H30N2O. The predicted molar refractivity (Wildman–Crippen MR) is 81.4 cm³/mol. The number of hydrogen-bond donors (Lipinski definition) is 2. The van der Waals surface area contributed by atoms with Crippen molar-refractivity contribution in [3.63, 3.8) is 0 Å². The highest BCUT2D eigenvalue weighted by molar-refractivity contribution is 5.78. The summed E-state index contributed by atoms with van der Waals surface area (Å²) >= 11 is 0. The maximum atomic E-state index is 12.0. The van der Waals surface area contributed by atoms with Crippen molar-refractivity contribution in [1.29, 1.82) is 0 Å². The molecule has 0 saturated heterocycles. The van der Waals surface area contributed by atoms with Gasteiger partial charge >= 0.3 is 0 Å². The van der Waals surface area contributed by atoms with Crippen LogP contribution in [0.1, 0.15) is 64.7 Å². The van der Waals surface area contributed by atoms with Gasteiger partial charge in [-0.2, -0.15) is 0 Å². The predicted octanol–water partition coefficient (Wildman–Crippen LogP) is 2.85. The summed E-state index contributed by atoms with van der Waals surface area (Å²) in [5.41, 5.74) is 0. The first kappa shape index (κ1) is 14.4. The molecule has 4 unspecified atom stereocenters. The van der Waals surface area contributed by atoms with Crippen molar-refractivity contribution in [2.45, 2.75) is 76.8 Å². The van der Waals surface area contributed by atoms with E-state index in [-0.39, 0.29) is 5.91 Å². The lowest BCUT2D eigenvalue weighted by Crippen LogP contribution is -2.45. The molecule has 0 aliphatic heterocycles. The molecule has 2 N–H and O–H groups in total. The van der Waals surface area contributed by atoms with Crippen LogP contribution in [0.25, 0.3) is 0 Å². The Morgan fingerprint density at radius 2 is 1.90 bits per heavy atom. The van der Waals surface area contributed by atoms with Gasteiger partial charge in [-0.1, -0.05) is 25.7 Å². The number of carbonyl (C=O) groups excluding carboxylic acids is 1. The summed E-state index contributed by atoms with van der Waals surface area (Å²) < 4.78 is 0. The summed E-state index contributed by atoms with van der Waals surface area (Å²) in [6, 6.07) is 0.943. The Bertz CT molecular complexity index is 338. The van der Waals surface area contributed by atoms with Crippen molar-refractivity contribution in [2.75, 3.05) is 6.54 Å². The number of fused-ring (bicyclic) bond motifs is 2. The fourth-order valence-corrected chi connectivity index (χ4v) is 4.84. The minimum Gasteiger partial charge on any atom is -0.352 e. The summed E-state index contributed by atoms with van der Waals surface area (Å²) in [6.07, 6.45) is 12.0. The van der Waals surface area contributed by atoms with Gasteiger partial charge in [-0.15, -0.1) is 0 Å². The molecule has 4 atom stereocenters. The van der Waals surface area contributed by atoms with Crippen LogP contribution in [0.4, 0.5) is 0 Å². The normalized spacial score (nSPS) is 35.1. The lowest BCUT2D eigenvalue weighted by Gasteiger charge is -2.29. The van der Waals surface area contributed by atoms with Crippen molar-refractivity contribution < 1.29 is 4.79 Å². The summed E-state index contributed by atoms with van der Waals surface area (Å²) in [6.45, 7) is 2.78. The molecular weight excluding hydrogens is 248 g/mol. The second-order valence-electron chi connectivity index (χ2n) is 7.41. The Kier molecular flexibility index (Phi) is 4.65. The molecule has 3 heteroatoms. The Morgan fingerprint density at radius 3 is 2.55 bits per heavy atom. The maximum absolute atomic E-state index is 12.0. The van der Waals surface area contributed by atoms with E-state index in [0.717, 1.165) is 17.8 Å².